The molecule has 0 aliphatic rings. The second-order valence-corrected chi connectivity index (χ2v) is 4.56. The molecular formula is C13H16N4S. The second-order valence-electron chi connectivity index (χ2n) is 3.68. The number of nitrogens with one attached hydrogen (secondary N) is 2. The SMILES string of the molecule is CCNc1cncc(Nc2cccc(SC)c2)n1. The Kier molecular flexibility index (Phi) is 4.41. The van der Waals surface area contributed by atoms with Gasteiger partial charge in [-0.1, -0.05) is 6.07 Å². The number of anilines is 3. The van der Waals surface area contributed by atoms with E-state index in [4.69, 9.17) is 0 Å². The third kappa shape index (κ3) is 3.37. The Morgan fingerprint density at radius 2 is 2.06 bits per heavy atom. The lowest BCUT2D eigenvalue weighted by molar-refractivity contribution is 1.12. The first-order chi connectivity index (χ1) is 8.81. The van der Waals surface area contributed by atoms with Crippen LogP contribution in [0.1, 0.15) is 6.92 Å². The highest BCUT2D eigenvalue weighted by Gasteiger charge is 1.99. The third-order valence-electron chi connectivity index (χ3n) is 2.33. The van der Waals surface area contributed by atoms with Crippen LogP contribution in [0.15, 0.2) is 41.6 Å². The summed E-state index contributed by atoms with van der Waals surface area (Å²) in [6, 6.07) is 8.21. The summed E-state index contributed by atoms with van der Waals surface area (Å²) in [4.78, 5) is 9.79. The van der Waals surface area contributed by atoms with E-state index in [-0.39, 0.29) is 0 Å². The Balaban J connectivity index is 2.14. The highest BCUT2D eigenvalue weighted by Crippen LogP contribution is 2.21. The van der Waals surface area contributed by atoms with Gasteiger partial charge in [-0.2, -0.15) is 0 Å². The lowest BCUT2D eigenvalue weighted by atomic mass is 10.3. The van der Waals surface area contributed by atoms with Crippen LogP contribution in [0.2, 0.25) is 0 Å². The smallest absolute Gasteiger partial charge is 0.151 e. The fourth-order valence-electron chi connectivity index (χ4n) is 1.54. The number of hydrogen-bond acceptors (Lipinski definition) is 5. The van der Waals surface area contributed by atoms with Gasteiger partial charge in [0.25, 0.3) is 0 Å². The first-order valence-corrected chi connectivity index (χ1v) is 7.01. The molecule has 0 amide bonds. The molecule has 94 valence electrons. The molecule has 18 heavy (non-hydrogen) atoms. The molecule has 0 aliphatic carbocycles. The van der Waals surface area contributed by atoms with Gasteiger partial charge >= 0.3 is 0 Å². The van der Waals surface area contributed by atoms with E-state index in [2.05, 4.69) is 39.0 Å². The topological polar surface area (TPSA) is 49.8 Å². The van der Waals surface area contributed by atoms with Crippen molar-refractivity contribution in [1.29, 1.82) is 0 Å². The van der Waals surface area contributed by atoms with Crippen LogP contribution in [0.5, 0.6) is 0 Å². The molecule has 4 nitrogen and oxygen atoms in total. The van der Waals surface area contributed by atoms with Gasteiger partial charge in [-0.25, -0.2) is 4.98 Å². The van der Waals surface area contributed by atoms with E-state index in [0.29, 0.717) is 0 Å². The van der Waals surface area contributed by atoms with Gasteiger partial charge in [0.15, 0.2) is 5.82 Å². The van der Waals surface area contributed by atoms with Gasteiger partial charge in [-0.05, 0) is 31.4 Å². The van der Waals surface area contributed by atoms with Crippen molar-refractivity contribution in [1.82, 2.24) is 9.97 Å². The van der Waals surface area contributed by atoms with Gasteiger partial charge in [0.1, 0.15) is 5.82 Å². The standard InChI is InChI=1S/C13H16N4S/c1-3-15-12-8-14-9-13(17-12)16-10-5-4-6-11(7-10)18-2/h4-9H,3H2,1-2H3,(H2,15,16,17). The normalized spacial score (nSPS) is 10.1. The van der Waals surface area contributed by atoms with E-state index >= 15 is 0 Å². The first-order valence-electron chi connectivity index (χ1n) is 5.79. The molecule has 0 saturated heterocycles. The molecule has 0 fully saturated rings. The molecule has 0 saturated carbocycles. The maximum Gasteiger partial charge on any atom is 0.151 e. The largest absolute Gasteiger partial charge is 0.369 e. The van der Waals surface area contributed by atoms with Crippen molar-refractivity contribution in [2.45, 2.75) is 11.8 Å². The Hall–Kier alpha value is -1.75. The molecule has 1 aromatic heterocycles. The molecule has 0 spiro atoms. The van der Waals surface area contributed by atoms with Crippen LogP contribution in [-0.4, -0.2) is 22.8 Å². The van der Waals surface area contributed by atoms with Crippen molar-refractivity contribution in [3.8, 4) is 0 Å². The zero-order valence-electron chi connectivity index (χ0n) is 10.5. The number of nitrogens with zero attached hydrogens (tertiary/aromatic N) is 2. The minimum absolute atomic E-state index is 0.742. The van der Waals surface area contributed by atoms with Crippen LogP contribution in [0, 0.1) is 0 Å². The van der Waals surface area contributed by atoms with Gasteiger partial charge in [0, 0.05) is 17.1 Å². The molecule has 2 aromatic rings. The average Bonchev–Trinajstić information content (AvgIpc) is 2.40. The zero-order chi connectivity index (χ0) is 12.8. The summed E-state index contributed by atoms with van der Waals surface area (Å²) in [5.41, 5.74) is 1.02. The molecule has 0 aliphatic heterocycles. The summed E-state index contributed by atoms with van der Waals surface area (Å²) in [6.07, 6.45) is 5.49. The van der Waals surface area contributed by atoms with Gasteiger partial charge < -0.3 is 10.6 Å². The molecule has 0 atom stereocenters. The van der Waals surface area contributed by atoms with Crippen LogP contribution < -0.4 is 10.6 Å². The number of aromatic nitrogens is 2. The molecule has 2 rings (SSSR count). The van der Waals surface area contributed by atoms with Crippen LogP contribution >= 0.6 is 11.8 Å². The van der Waals surface area contributed by atoms with Crippen molar-refractivity contribution >= 4 is 29.1 Å². The highest BCUT2D eigenvalue weighted by molar-refractivity contribution is 7.98. The van der Waals surface area contributed by atoms with Crippen LogP contribution in [0.25, 0.3) is 0 Å². The maximum atomic E-state index is 4.42. The molecule has 0 radical (unpaired) electrons. The lowest BCUT2D eigenvalue weighted by Crippen LogP contribution is -2.02. The molecule has 5 heteroatoms. The summed E-state index contributed by atoms with van der Waals surface area (Å²) in [7, 11) is 0. The Morgan fingerprint density at radius 1 is 1.22 bits per heavy atom. The quantitative estimate of drug-likeness (QED) is 0.807. The lowest BCUT2D eigenvalue weighted by Gasteiger charge is -2.08. The predicted molar refractivity (Wildman–Crippen MR) is 77.7 cm³/mol. The van der Waals surface area contributed by atoms with Gasteiger partial charge in [-0.15, -0.1) is 11.8 Å². The Bertz CT molecular complexity index is 516. The minimum Gasteiger partial charge on any atom is -0.369 e. The highest BCUT2D eigenvalue weighted by atomic mass is 32.2. The summed E-state index contributed by atoms with van der Waals surface area (Å²) >= 11 is 1.72. The van der Waals surface area contributed by atoms with Crippen molar-refractivity contribution < 1.29 is 0 Å². The fourth-order valence-corrected chi connectivity index (χ4v) is 2.00. The van der Waals surface area contributed by atoms with E-state index in [1.165, 1.54) is 4.90 Å². The van der Waals surface area contributed by atoms with Crippen molar-refractivity contribution in [2.75, 3.05) is 23.4 Å². The van der Waals surface area contributed by atoms with Crippen LogP contribution in [0.4, 0.5) is 17.3 Å². The van der Waals surface area contributed by atoms with Crippen LogP contribution in [0.3, 0.4) is 0 Å². The van der Waals surface area contributed by atoms with E-state index < -0.39 is 0 Å². The van der Waals surface area contributed by atoms with E-state index in [0.717, 1.165) is 23.9 Å². The van der Waals surface area contributed by atoms with Crippen molar-refractivity contribution in [3.63, 3.8) is 0 Å². The molecule has 0 unspecified atom stereocenters. The molecule has 1 heterocycles. The Labute approximate surface area is 111 Å². The second kappa shape index (κ2) is 6.26. The summed E-state index contributed by atoms with van der Waals surface area (Å²) in [5.74, 6) is 1.52. The van der Waals surface area contributed by atoms with E-state index in [1.54, 1.807) is 24.2 Å². The minimum atomic E-state index is 0.742. The number of thioether (sulfide) groups is 1. The maximum absolute atomic E-state index is 4.42. The number of benzene rings is 1. The molecule has 1 aromatic carbocycles. The fraction of sp³-hybridized carbons (Fsp3) is 0.231. The summed E-state index contributed by atoms with van der Waals surface area (Å²) in [5, 5.41) is 6.39. The van der Waals surface area contributed by atoms with Crippen LogP contribution in [-0.2, 0) is 0 Å². The molecule has 2 N–H and O–H groups in total. The molecule has 0 bridgehead atoms. The van der Waals surface area contributed by atoms with Crippen molar-refractivity contribution in [2.24, 2.45) is 0 Å². The zero-order valence-corrected chi connectivity index (χ0v) is 11.3. The van der Waals surface area contributed by atoms with E-state index in [1.807, 2.05) is 19.1 Å². The summed E-state index contributed by atoms with van der Waals surface area (Å²) in [6.45, 7) is 2.86. The predicted octanol–water partition coefficient (Wildman–Crippen LogP) is 3.37. The Morgan fingerprint density at radius 3 is 2.83 bits per heavy atom. The number of rotatable bonds is 5. The van der Waals surface area contributed by atoms with E-state index in [9.17, 15) is 0 Å². The molecular weight excluding hydrogens is 244 g/mol. The van der Waals surface area contributed by atoms with Crippen molar-refractivity contribution in [3.05, 3.63) is 36.7 Å². The third-order valence-corrected chi connectivity index (χ3v) is 3.06. The number of hydrogen-bond donors (Lipinski definition) is 2. The van der Waals surface area contributed by atoms with Gasteiger partial charge in [0.2, 0.25) is 0 Å². The first kappa shape index (κ1) is 12.7. The average molecular weight is 260 g/mol. The van der Waals surface area contributed by atoms with Gasteiger partial charge in [-0.3, -0.25) is 4.98 Å². The van der Waals surface area contributed by atoms with Gasteiger partial charge in [0.05, 0.1) is 12.4 Å². The monoisotopic (exact) mass is 260 g/mol. The summed E-state index contributed by atoms with van der Waals surface area (Å²) < 4.78 is 0.